The molecule has 1 aliphatic rings. The first-order valence-corrected chi connectivity index (χ1v) is 13.6. The van der Waals surface area contributed by atoms with E-state index in [0.717, 1.165) is 12.3 Å². The Morgan fingerprint density at radius 2 is 1.41 bits per heavy atom. The number of hydrogen-bond acceptors (Lipinski definition) is 2. The Morgan fingerprint density at radius 1 is 0.862 bits per heavy atom. The van der Waals surface area contributed by atoms with Crippen LogP contribution in [0, 0.1) is 0 Å². The molecule has 168 valence electrons. The Morgan fingerprint density at radius 3 is 1.93 bits per heavy atom. The van der Waals surface area contributed by atoms with E-state index in [1.54, 1.807) is 0 Å². The fraction of sp³-hybridized carbons (Fsp3) is 0.880. The minimum absolute atomic E-state index is 0.383. The molecule has 0 saturated carbocycles. The summed E-state index contributed by atoms with van der Waals surface area (Å²) in [5, 5.41) is 0. The summed E-state index contributed by atoms with van der Waals surface area (Å²) in [6, 6.07) is 0. The van der Waals surface area contributed by atoms with E-state index in [1.807, 2.05) is 11.8 Å². The lowest BCUT2D eigenvalue weighted by Gasteiger charge is -2.11. The van der Waals surface area contributed by atoms with Gasteiger partial charge in [0.05, 0.1) is 7.05 Å². The Balaban J connectivity index is 1.31. The lowest BCUT2D eigenvalue weighted by molar-refractivity contribution is -0.671. The third-order valence-corrected chi connectivity index (χ3v) is 7.38. The van der Waals surface area contributed by atoms with Crippen LogP contribution in [-0.4, -0.2) is 21.9 Å². The molecular formula is C25H47N2OS+. The maximum Gasteiger partial charge on any atom is 0.243 e. The van der Waals surface area contributed by atoms with Crippen LogP contribution >= 0.6 is 11.8 Å². The summed E-state index contributed by atoms with van der Waals surface area (Å²) < 4.78 is 10.6. The van der Waals surface area contributed by atoms with E-state index in [2.05, 4.69) is 41.8 Å². The zero-order chi connectivity index (χ0) is 20.6. The first-order chi connectivity index (χ1) is 14.3. The molecule has 1 fully saturated rings. The van der Waals surface area contributed by atoms with E-state index < -0.39 is 0 Å². The van der Waals surface area contributed by atoms with Gasteiger partial charge in [0.2, 0.25) is 6.33 Å². The molecular weight excluding hydrogens is 376 g/mol. The van der Waals surface area contributed by atoms with Crippen LogP contribution < -0.4 is 4.57 Å². The second-order valence-electron chi connectivity index (χ2n) is 9.04. The molecule has 2 rings (SSSR count). The molecule has 4 heteroatoms. The zero-order valence-electron chi connectivity index (χ0n) is 19.3. The van der Waals surface area contributed by atoms with Crippen molar-refractivity contribution < 1.29 is 9.30 Å². The Labute approximate surface area is 185 Å². The molecule has 3 nitrogen and oxygen atoms in total. The van der Waals surface area contributed by atoms with Gasteiger partial charge in [0.15, 0.2) is 0 Å². The van der Waals surface area contributed by atoms with Gasteiger partial charge < -0.3 is 4.74 Å². The van der Waals surface area contributed by atoms with E-state index in [-0.39, 0.29) is 0 Å². The molecule has 1 aromatic heterocycles. The van der Waals surface area contributed by atoms with Crippen molar-refractivity contribution in [1.82, 2.24) is 4.57 Å². The third kappa shape index (κ3) is 12.1. The minimum Gasteiger partial charge on any atom is -0.359 e. The van der Waals surface area contributed by atoms with Crippen molar-refractivity contribution in [2.75, 3.05) is 5.75 Å². The standard InChI is InChI=1S/C25H47N2OS/c1-3-4-5-6-7-8-9-10-11-12-13-14-15-16-17-18-25-28-24(22-29-25)21-27-20-19-26(2)23-27/h19-20,23-25H,3-18,21-22H2,1-2H3/q+1. The summed E-state index contributed by atoms with van der Waals surface area (Å²) in [5.41, 5.74) is 0.436. The summed E-state index contributed by atoms with van der Waals surface area (Å²) in [4.78, 5) is 0. The number of rotatable bonds is 18. The largest absolute Gasteiger partial charge is 0.359 e. The molecule has 29 heavy (non-hydrogen) atoms. The number of aromatic nitrogens is 2. The predicted octanol–water partition coefficient (Wildman–Crippen LogP) is 7.03. The number of ether oxygens (including phenoxy) is 1. The number of hydrogen-bond donors (Lipinski definition) is 0. The quantitative estimate of drug-likeness (QED) is 0.186. The molecule has 2 unspecified atom stereocenters. The maximum absolute atomic E-state index is 6.23. The van der Waals surface area contributed by atoms with Crippen molar-refractivity contribution in [2.45, 2.75) is 128 Å². The Hall–Kier alpha value is -0.480. The zero-order valence-corrected chi connectivity index (χ0v) is 20.1. The molecule has 0 aromatic carbocycles. The SMILES string of the molecule is CCCCCCCCCCCCCCCCCC1OC(Cn2cc[n+](C)c2)CS1. The molecule has 0 bridgehead atoms. The van der Waals surface area contributed by atoms with Crippen molar-refractivity contribution in [3.05, 3.63) is 18.7 Å². The van der Waals surface area contributed by atoms with Gasteiger partial charge in [-0.1, -0.05) is 96.8 Å². The number of imidazole rings is 1. The van der Waals surface area contributed by atoms with Gasteiger partial charge in [0.1, 0.15) is 30.5 Å². The van der Waals surface area contributed by atoms with E-state index in [4.69, 9.17) is 4.74 Å². The third-order valence-electron chi connectivity index (χ3n) is 6.09. The first-order valence-electron chi connectivity index (χ1n) is 12.6. The van der Waals surface area contributed by atoms with Crippen LogP contribution in [0.4, 0.5) is 0 Å². The molecule has 1 saturated heterocycles. The topological polar surface area (TPSA) is 18.0 Å². The van der Waals surface area contributed by atoms with Crippen LogP contribution in [0.1, 0.15) is 110 Å². The van der Waals surface area contributed by atoms with Crippen LogP contribution in [0.15, 0.2) is 18.7 Å². The van der Waals surface area contributed by atoms with E-state index >= 15 is 0 Å². The molecule has 0 amide bonds. The van der Waals surface area contributed by atoms with Crippen LogP contribution in [-0.2, 0) is 18.3 Å². The van der Waals surface area contributed by atoms with Gasteiger partial charge in [0.25, 0.3) is 0 Å². The van der Waals surface area contributed by atoms with Crippen molar-refractivity contribution in [1.29, 1.82) is 0 Å². The second kappa shape index (κ2) is 16.2. The first kappa shape index (κ1) is 24.8. The maximum atomic E-state index is 6.23. The normalized spacial score (nSPS) is 19.2. The fourth-order valence-corrected chi connectivity index (χ4v) is 5.46. The lowest BCUT2D eigenvalue weighted by atomic mass is 10.0. The summed E-state index contributed by atoms with van der Waals surface area (Å²) in [6.07, 6.45) is 29.5. The second-order valence-corrected chi connectivity index (χ2v) is 10.2. The molecule has 2 atom stereocenters. The molecule has 1 aromatic rings. The average Bonchev–Trinajstić information content (AvgIpc) is 3.33. The van der Waals surface area contributed by atoms with E-state index in [1.165, 1.54) is 103 Å². The highest BCUT2D eigenvalue weighted by Crippen LogP contribution is 2.30. The highest BCUT2D eigenvalue weighted by atomic mass is 32.2. The summed E-state index contributed by atoms with van der Waals surface area (Å²) in [6.45, 7) is 3.29. The van der Waals surface area contributed by atoms with Crippen molar-refractivity contribution in [2.24, 2.45) is 7.05 Å². The van der Waals surface area contributed by atoms with E-state index in [9.17, 15) is 0 Å². The van der Waals surface area contributed by atoms with Crippen LogP contribution in [0.2, 0.25) is 0 Å². The molecule has 0 spiro atoms. The van der Waals surface area contributed by atoms with Gasteiger partial charge in [0, 0.05) is 5.75 Å². The van der Waals surface area contributed by atoms with Crippen LogP contribution in [0.3, 0.4) is 0 Å². The van der Waals surface area contributed by atoms with Crippen LogP contribution in [0.25, 0.3) is 0 Å². The lowest BCUT2D eigenvalue weighted by Crippen LogP contribution is -2.25. The van der Waals surface area contributed by atoms with Gasteiger partial charge in [-0.05, 0) is 12.8 Å². The van der Waals surface area contributed by atoms with Crippen LogP contribution in [0.5, 0.6) is 0 Å². The average molecular weight is 424 g/mol. The fourth-order valence-electron chi connectivity index (χ4n) is 4.28. The summed E-state index contributed by atoms with van der Waals surface area (Å²) in [5.74, 6) is 1.14. The Kier molecular flexibility index (Phi) is 13.9. The van der Waals surface area contributed by atoms with Gasteiger partial charge in [-0.15, -0.1) is 11.8 Å². The smallest absolute Gasteiger partial charge is 0.243 e. The highest BCUT2D eigenvalue weighted by molar-refractivity contribution is 8.00. The van der Waals surface area contributed by atoms with Crippen molar-refractivity contribution in [3.63, 3.8) is 0 Å². The molecule has 0 N–H and O–H groups in total. The van der Waals surface area contributed by atoms with E-state index in [0.29, 0.717) is 11.5 Å². The molecule has 0 aliphatic carbocycles. The summed E-state index contributed by atoms with van der Waals surface area (Å²) >= 11 is 2.02. The van der Waals surface area contributed by atoms with Crippen molar-refractivity contribution in [3.8, 4) is 0 Å². The molecule has 0 radical (unpaired) electrons. The summed E-state index contributed by atoms with van der Waals surface area (Å²) in [7, 11) is 2.07. The Bertz CT molecular complexity index is 505. The predicted molar refractivity (Wildman–Crippen MR) is 126 cm³/mol. The molecule has 1 aliphatic heterocycles. The number of unbranched alkanes of at least 4 members (excludes halogenated alkanes) is 14. The monoisotopic (exact) mass is 423 g/mol. The highest BCUT2D eigenvalue weighted by Gasteiger charge is 2.27. The minimum atomic E-state index is 0.383. The number of nitrogens with zero attached hydrogens (tertiary/aromatic N) is 2. The van der Waals surface area contributed by atoms with Gasteiger partial charge in [-0.2, -0.15) is 0 Å². The van der Waals surface area contributed by atoms with Gasteiger partial charge >= 0.3 is 0 Å². The molecule has 2 heterocycles. The van der Waals surface area contributed by atoms with Crippen molar-refractivity contribution >= 4 is 11.8 Å². The number of thioether (sulfide) groups is 1. The van der Waals surface area contributed by atoms with Gasteiger partial charge in [-0.3, -0.25) is 0 Å². The number of aryl methyl sites for hydroxylation is 1. The van der Waals surface area contributed by atoms with Gasteiger partial charge in [-0.25, -0.2) is 9.13 Å².